The fraction of sp³-hybridized carbons (Fsp3) is 0.160. The second-order valence-electron chi connectivity index (χ2n) is 7.58. The lowest BCUT2D eigenvalue weighted by molar-refractivity contribution is -0.121. The molecule has 2 aromatic heterocycles. The first-order valence-electron chi connectivity index (χ1n) is 10.5. The summed E-state index contributed by atoms with van der Waals surface area (Å²) in [6, 6.07) is 18.1. The number of carbonyl (C=O) groups is 2. The van der Waals surface area contributed by atoms with Crippen molar-refractivity contribution in [2.45, 2.75) is 18.9 Å². The maximum atomic E-state index is 12.3. The Morgan fingerprint density at radius 3 is 2.53 bits per heavy atom. The van der Waals surface area contributed by atoms with Gasteiger partial charge in [-0.1, -0.05) is 30.3 Å². The molecule has 0 saturated carbocycles. The molecule has 4 rings (SSSR count). The number of carbonyl (C=O) groups excluding carboxylic acids is 2. The Labute approximate surface area is 186 Å². The molecule has 0 aliphatic rings. The summed E-state index contributed by atoms with van der Waals surface area (Å²) < 4.78 is 0. The smallest absolute Gasteiger partial charge is 0.255 e. The predicted octanol–water partition coefficient (Wildman–Crippen LogP) is 3.56. The van der Waals surface area contributed by atoms with Gasteiger partial charge in [0.05, 0.1) is 0 Å². The summed E-state index contributed by atoms with van der Waals surface area (Å²) in [6.07, 6.45) is 6.13. The highest BCUT2D eigenvalue weighted by Crippen LogP contribution is 2.18. The lowest BCUT2D eigenvalue weighted by Crippen LogP contribution is -2.29. The minimum atomic E-state index is -0.444. The van der Waals surface area contributed by atoms with E-state index in [-0.39, 0.29) is 18.2 Å². The number of nitrogens with one attached hydrogen (secondary N) is 3. The van der Waals surface area contributed by atoms with E-state index in [4.69, 9.17) is 5.73 Å². The summed E-state index contributed by atoms with van der Waals surface area (Å²) in [5, 5.41) is 6.92. The number of aromatic amines is 1. The summed E-state index contributed by atoms with van der Waals surface area (Å²) >= 11 is 0. The number of nitrogens with two attached hydrogens (primary N) is 1. The molecule has 0 aliphatic heterocycles. The van der Waals surface area contributed by atoms with Crippen LogP contribution < -0.4 is 16.4 Å². The van der Waals surface area contributed by atoms with Crippen LogP contribution in [-0.2, 0) is 11.2 Å². The number of H-pyrrole nitrogens is 1. The van der Waals surface area contributed by atoms with Crippen LogP contribution in [0.2, 0.25) is 0 Å². The fourth-order valence-electron chi connectivity index (χ4n) is 3.58. The van der Waals surface area contributed by atoms with E-state index in [9.17, 15) is 9.59 Å². The van der Waals surface area contributed by atoms with Gasteiger partial charge in [0.15, 0.2) is 0 Å². The molecule has 32 heavy (non-hydrogen) atoms. The number of nitrogens with zero attached hydrogens (tertiary/aromatic N) is 1. The Morgan fingerprint density at radius 2 is 1.75 bits per heavy atom. The third-order valence-electron chi connectivity index (χ3n) is 5.34. The number of rotatable bonds is 8. The van der Waals surface area contributed by atoms with Gasteiger partial charge in [0.25, 0.3) is 5.91 Å². The fourth-order valence-corrected chi connectivity index (χ4v) is 3.58. The molecular weight excluding hydrogens is 402 g/mol. The molecular formula is C25H25N5O2. The van der Waals surface area contributed by atoms with Crippen molar-refractivity contribution in [1.82, 2.24) is 15.3 Å². The topological polar surface area (TPSA) is 113 Å². The Kier molecular flexibility index (Phi) is 6.57. The lowest BCUT2D eigenvalue weighted by Gasteiger charge is -2.13. The molecule has 2 amide bonds. The average Bonchev–Trinajstić information content (AvgIpc) is 3.23. The maximum Gasteiger partial charge on any atom is 0.255 e. The Balaban J connectivity index is 1.26. The molecule has 0 aliphatic carbocycles. The van der Waals surface area contributed by atoms with Crippen LogP contribution in [0.25, 0.3) is 10.9 Å². The van der Waals surface area contributed by atoms with Crippen LogP contribution in [0.1, 0.15) is 33.9 Å². The van der Waals surface area contributed by atoms with Crippen LogP contribution >= 0.6 is 0 Å². The normalized spacial score (nSPS) is 11.8. The SMILES string of the molecule is NC(CC(=O)NCCc1c[nH]c2ccccc12)c1ccc(C(=O)Nc2ccncc2)cc1. The zero-order valence-corrected chi connectivity index (χ0v) is 17.5. The molecule has 7 heteroatoms. The Hall–Kier alpha value is -3.97. The van der Waals surface area contributed by atoms with Gasteiger partial charge in [0.1, 0.15) is 0 Å². The number of hydrogen-bond donors (Lipinski definition) is 4. The van der Waals surface area contributed by atoms with Crippen molar-refractivity contribution < 1.29 is 9.59 Å². The van der Waals surface area contributed by atoms with Crippen LogP contribution in [0.5, 0.6) is 0 Å². The first kappa shape index (κ1) is 21.3. The lowest BCUT2D eigenvalue weighted by atomic mass is 10.0. The third-order valence-corrected chi connectivity index (χ3v) is 5.34. The van der Waals surface area contributed by atoms with Crippen molar-refractivity contribution >= 4 is 28.4 Å². The van der Waals surface area contributed by atoms with Crippen LogP contribution in [0.3, 0.4) is 0 Å². The van der Waals surface area contributed by atoms with Gasteiger partial charge in [0.2, 0.25) is 5.91 Å². The van der Waals surface area contributed by atoms with E-state index < -0.39 is 6.04 Å². The van der Waals surface area contributed by atoms with Gasteiger partial charge >= 0.3 is 0 Å². The van der Waals surface area contributed by atoms with Crippen molar-refractivity contribution in [2.24, 2.45) is 5.73 Å². The number of anilines is 1. The van der Waals surface area contributed by atoms with Gasteiger partial charge in [-0.15, -0.1) is 0 Å². The highest BCUT2D eigenvalue weighted by Gasteiger charge is 2.13. The van der Waals surface area contributed by atoms with Crippen LogP contribution in [-0.4, -0.2) is 28.3 Å². The average molecular weight is 428 g/mol. The number of aromatic nitrogens is 2. The van der Waals surface area contributed by atoms with Crippen molar-refractivity contribution in [2.75, 3.05) is 11.9 Å². The maximum absolute atomic E-state index is 12.3. The molecule has 0 fully saturated rings. The van der Waals surface area contributed by atoms with Gasteiger partial charge in [0, 0.05) is 59.8 Å². The molecule has 1 atom stereocenters. The summed E-state index contributed by atoms with van der Waals surface area (Å²) in [5.74, 6) is -0.316. The summed E-state index contributed by atoms with van der Waals surface area (Å²) in [7, 11) is 0. The van der Waals surface area contributed by atoms with Crippen molar-refractivity contribution in [3.8, 4) is 0 Å². The molecule has 0 spiro atoms. The molecule has 5 N–H and O–H groups in total. The van der Waals surface area contributed by atoms with Gasteiger partial charge in [-0.05, 0) is 47.9 Å². The summed E-state index contributed by atoms with van der Waals surface area (Å²) in [4.78, 5) is 31.8. The van der Waals surface area contributed by atoms with E-state index in [1.807, 2.05) is 24.4 Å². The van der Waals surface area contributed by atoms with Gasteiger partial charge in [-0.3, -0.25) is 14.6 Å². The van der Waals surface area contributed by atoms with E-state index >= 15 is 0 Å². The largest absolute Gasteiger partial charge is 0.361 e. The van der Waals surface area contributed by atoms with Gasteiger partial charge in [-0.25, -0.2) is 0 Å². The van der Waals surface area contributed by atoms with Crippen molar-refractivity contribution in [1.29, 1.82) is 0 Å². The van der Waals surface area contributed by atoms with E-state index in [0.29, 0.717) is 17.8 Å². The first-order chi connectivity index (χ1) is 15.6. The number of benzene rings is 2. The number of para-hydroxylation sites is 1. The van der Waals surface area contributed by atoms with E-state index in [1.54, 1.807) is 48.8 Å². The number of fused-ring (bicyclic) bond motifs is 1. The molecule has 162 valence electrons. The Bertz CT molecular complexity index is 1200. The summed E-state index contributed by atoms with van der Waals surface area (Å²) in [5.41, 5.74) is 10.5. The van der Waals surface area contributed by atoms with Crippen LogP contribution in [0.15, 0.2) is 79.3 Å². The van der Waals surface area contributed by atoms with E-state index in [2.05, 4.69) is 26.7 Å². The molecule has 0 radical (unpaired) electrons. The molecule has 1 unspecified atom stereocenters. The molecule has 2 aromatic carbocycles. The highest BCUT2D eigenvalue weighted by molar-refractivity contribution is 6.04. The highest BCUT2D eigenvalue weighted by atomic mass is 16.2. The zero-order chi connectivity index (χ0) is 22.3. The van der Waals surface area contributed by atoms with Crippen molar-refractivity contribution in [3.63, 3.8) is 0 Å². The number of hydrogen-bond acceptors (Lipinski definition) is 4. The standard InChI is InChI=1S/C25H25N5O2/c26-22(15-24(31)28-14-9-19-16-29-23-4-2-1-3-21(19)23)17-5-7-18(8-6-17)25(32)30-20-10-12-27-13-11-20/h1-8,10-13,16,22,29H,9,14-15,26H2,(H,28,31)(H,27,30,32). The van der Waals surface area contributed by atoms with Crippen LogP contribution in [0, 0.1) is 0 Å². The monoisotopic (exact) mass is 427 g/mol. The third kappa shape index (κ3) is 5.19. The number of amides is 2. The first-order valence-corrected chi connectivity index (χ1v) is 10.5. The van der Waals surface area contributed by atoms with Crippen molar-refractivity contribution in [3.05, 3.63) is 95.9 Å². The molecule has 0 saturated heterocycles. The second-order valence-corrected chi connectivity index (χ2v) is 7.58. The van der Waals surface area contributed by atoms with Gasteiger partial charge in [-0.2, -0.15) is 0 Å². The molecule has 4 aromatic rings. The zero-order valence-electron chi connectivity index (χ0n) is 17.5. The quantitative estimate of drug-likeness (QED) is 0.344. The van der Waals surface area contributed by atoms with Crippen LogP contribution in [0.4, 0.5) is 5.69 Å². The van der Waals surface area contributed by atoms with E-state index in [0.717, 1.165) is 17.5 Å². The molecule has 7 nitrogen and oxygen atoms in total. The minimum absolute atomic E-state index is 0.100. The second kappa shape index (κ2) is 9.89. The number of pyridine rings is 1. The molecule has 2 heterocycles. The summed E-state index contributed by atoms with van der Waals surface area (Å²) in [6.45, 7) is 0.543. The Morgan fingerprint density at radius 1 is 1.00 bits per heavy atom. The predicted molar refractivity (Wildman–Crippen MR) is 125 cm³/mol. The molecule has 0 bridgehead atoms. The van der Waals surface area contributed by atoms with E-state index in [1.165, 1.54) is 10.9 Å². The minimum Gasteiger partial charge on any atom is -0.361 e. The van der Waals surface area contributed by atoms with Gasteiger partial charge < -0.3 is 21.4 Å².